The zero-order chi connectivity index (χ0) is 22.5. The Hall–Kier alpha value is -3.53. The number of hydrogen-bond donors (Lipinski definition) is 2. The summed E-state index contributed by atoms with van der Waals surface area (Å²) in [7, 11) is 3.08. The van der Waals surface area contributed by atoms with Gasteiger partial charge in [0.25, 0.3) is 5.56 Å². The van der Waals surface area contributed by atoms with E-state index in [0.29, 0.717) is 27.6 Å². The number of nitrogens with zero attached hydrogens (tertiary/aromatic N) is 2. The smallest absolute Gasteiger partial charge is 0.318 e. The lowest BCUT2D eigenvalue weighted by molar-refractivity contribution is -0.119. The Morgan fingerprint density at radius 2 is 1.87 bits per heavy atom. The van der Waals surface area contributed by atoms with Gasteiger partial charge in [0, 0.05) is 0 Å². The molecule has 0 aliphatic rings. The zero-order valence-corrected chi connectivity index (χ0v) is 18.1. The second-order valence-corrected chi connectivity index (χ2v) is 7.91. The number of nitrogens with two attached hydrogens (primary N) is 1. The lowest BCUT2D eigenvalue weighted by Gasteiger charge is -2.16. The highest BCUT2D eigenvalue weighted by Gasteiger charge is 2.21. The molecule has 0 aliphatic heterocycles. The molecule has 1 unspecified atom stereocenters. The molecule has 0 fully saturated rings. The fourth-order valence-corrected chi connectivity index (χ4v) is 3.88. The molecule has 0 aliphatic carbocycles. The van der Waals surface area contributed by atoms with Crippen molar-refractivity contribution in [3.05, 3.63) is 58.4 Å². The highest BCUT2D eigenvalue weighted by Crippen LogP contribution is 2.29. The van der Waals surface area contributed by atoms with Gasteiger partial charge in [0.15, 0.2) is 16.7 Å². The summed E-state index contributed by atoms with van der Waals surface area (Å²) in [6.07, 6.45) is 0. The standard InChI is InChI=1S/C21H22N4O5S/c1-12(18(26)24-20(22)28)31-21-23-15-7-5-4-6-14(15)19(27)25(21)11-13-8-9-16(29-2)17(10-13)30-3/h4-10,12H,11H2,1-3H3,(H3,22,24,26,28). The van der Waals surface area contributed by atoms with E-state index in [-0.39, 0.29) is 12.1 Å². The number of methoxy groups -OCH3 is 2. The first-order chi connectivity index (χ1) is 14.8. The van der Waals surface area contributed by atoms with Crippen molar-refractivity contribution >= 4 is 34.6 Å². The Kier molecular flexibility index (Phi) is 6.81. The average Bonchev–Trinajstić information content (AvgIpc) is 2.75. The maximum atomic E-state index is 13.2. The Labute approximate surface area is 182 Å². The first-order valence-electron chi connectivity index (χ1n) is 9.31. The van der Waals surface area contributed by atoms with Crippen molar-refractivity contribution in [2.75, 3.05) is 14.2 Å². The molecule has 3 aromatic rings. The van der Waals surface area contributed by atoms with E-state index in [4.69, 9.17) is 15.2 Å². The fraction of sp³-hybridized carbons (Fsp3) is 0.238. The largest absolute Gasteiger partial charge is 0.493 e. The van der Waals surface area contributed by atoms with Crippen molar-refractivity contribution in [1.82, 2.24) is 14.9 Å². The number of thioether (sulfide) groups is 1. The van der Waals surface area contributed by atoms with Gasteiger partial charge in [-0.05, 0) is 36.8 Å². The van der Waals surface area contributed by atoms with Gasteiger partial charge in [-0.15, -0.1) is 0 Å². The number of hydrogen-bond acceptors (Lipinski definition) is 7. The van der Waals surface area contributed by atoms with E-state index in [1.165, 1.54) is 11.7 Å². The van der Waals surface area contributed by atoms with Crippen LogP contribution in [-0.2, 0) is 11.3 Å². The van der Waals surface area contributed by atoms with E-state index in [0.717, 1.165) is 17.3 Å². The lowest BCUT2D eigenvalue weighted by Crippen LogP contribution is -2.39. The number of ether oxygens (including phenoxy) is 2. The van der Waals surface area contributed by atoms with Gasteiger partial charge >= 0.3 is 6.03 Å². The summed E-state index contributed by atoms with van der Waals surface area (Å²) in [5.74, 6) is 0.532. The van der Waals surface area contributed by atoms with Crippen LogP contribution in [0.5, 0.6) is 11.5 Å². The first kappa shape index (κ1) is 22.2. The van der Waals surface area contributed by atoms with Gasteiger partial charge in [0.05, 0.1) is 36.9 Å². The number of amides is 3. The summed E-state index contributed by atoms with van der Waals surface area (Å²) in [4.78, 5) is 41.0. The van der Waals surface area contributed by atoms with E-state index in [9.17, 15) is 14.4 Å². The van der Waals surface area contributed by atoms with Crippen molar-refractivity contribution in [1.29, 1.82) is 0 Å². The molecular weight excluding hydrogens is 420 g/mol. The van der Waals surface area contributed by atoms with Crippen LogP contribution in [-0.4, -0.2) is 41.0 Å². The number of para-hydroxylation sites is 1. The van der Waals surface area contributed by atoms with Crippen LogP contribution in [0.25, 0.3) is 10.9 Å². The molecule has 0 spiro atoms. The summed E-state index contributed by atoms with van der Waals surface area (Å²) >= 11 is 1.06. The highest BCUT2D eigenvalue weighted by atomic mass is 32.2. The van der Waals surface area contributed by atoms with E-state index < -0.39 is 17.2 Å². The van der Waals surface area contributed by atoms with Gasteiger partial charge in [0.1, 0.15) is 0 Å². The van der Waals surface area contributed by atoms with Crippen LogP contribution < -0.4 is 26.1 Å². The minimum absolute atomic E-state index is 0.198. The maximum absolute atomic E-state index is 13.2. The molecular formula is C21H22N4O5S. The van der Waals surface area contributed by atoms with Gasteiger partial charge < -0.3 is 15.2 Å². The van der Waals surface area contributed by atoms with Crippen LogP contribution in [0.15, 0.2) is 52.4 Å². The van der Waals surface area contributed by atoms with Crippen LogP contribution in [0.3, 0.4) is 0 Å². The number of rotatable bonds is 7. The van der Waals surface area contributed by atoms with Crippen LogP contribution in [0.1, 0.15) is 12.5 Å². The fourth-order valence-electron chi connectivity index (χ4n) is 2.97. The molecule has 9 nitrogen and oxygen atoms in total. The normalized spacial score (nSPS) is 11.7. The highest BCUT2D eigenvalue weighted by molar-refractivity contribution is 8.00. The number of imide groups is 1. The summed E-state index contributed by atoms with van der Waals surface area (Å²) in [6.45, 7) is 1.80. The Balaban J connectivity index is 2.05. The Morgan fingerprint density at radius 1 is 1.16 bits per heavy atom. The van der Waals surface area contributed by atoms with Crippen molar-refractivity contribution in [2.24, 2.45) is 5.73 Å². The number of fused-ring (bicyclic) bond motifs is 1. The molecule has 1 aromatic heterocycles. The number of urea groups is 1. The third-order valence-corrected chi connectivity index (χ3v) is 5.60. The molecule has 3 rings (SSSR count). The first-order valence-corrected chi connectivity index (χ1v) is 10.2. The van der Waals surface area contributed by atoms with Crippen LogP contribution in [0, 0.1) is 0 Å². The molecule has 1 atom stereocenters. The second kappa shape index (κ2) is 9.52. The minimum Gasteiger partial charge on any atom is -0.493 e. The number of carbonyl (C=O) groups excluding carboxylic acids is 2. The number of benzene rings is 2. The van der Waals surface area contributed by atoms with Gasteiger partial charge in [0.2, 0.25) is 5.91 Å². The summed E-state index contributed by atoms with van der Waals surface area (Å²) in [5.41, 5.74) is 6.09. The topological polar surface area (TPSA) is 126 Å². The molecule has 3 amide bonds. The molecule has 0 saturated heterocycles. The molecule has 1 heterocycles. The number of primary amides is 1. The number of aromatic nitrogens is 2. The predicted octanol–water partition coefficient (Wildman–Crippen LogP) is 2.14. The van der Waals surface area contributed by atoms with Gasteiger partial charge in [-0.1, -0.05) is 30.0 Å². The van der Waals surface area contributed by atoms with Gasteiger partial charge in [-0.2, -0.15) is 0 Å². The van der Waals surface area contributed by atoms with Crippen molar-refractivity contribution in [3.63, 3.8) is 0 Å². The summed E-state index contributed by atoms with van der Waals surface area (Å²) in [6, 6.07) is 11.4. The SMILES string of the molecule is COc1ccc(Cn2c(SC(C)C(=O)NC(N)=O)nc3ccccc3c2=O)cc1OC. The summed E-state index contributed by atoms with van der Waals surface area (Å²) in [5, 5.41) is 2.13. The van der Waals surface area contributed by atoms with E-state index in [1.54, 1.807) is 50.4 Å². The summed E-state index contributed by atoms with van der Waals surface area (Å²) < 4.78 is 12.1. The van der Waals surface area contributed by atoms with E-state index in [1.807, 2.05) is 11.4 Å². The van der Waals surface area contributed by atoms with Crippen molar-refractivity contribution < 1.29 is 19.1 Å². The average molecular weight is 442 g/mol. The second-order valence-electron chi connectivity index (χ2n) is 6.61. The van der Waals surface area contributed by atoms with Crippen molar-refractivity contribution in [2.45, 2.75) is 23.9 Å². The molecule has 31 heavy (non-hydrogen) atoms. The molecule has 0 radical (unpaired) electrons. The third kappa shape index (κ3) is 4.97. The van der Waals surface area contributed by atoms with Crippen LogP contribution in [0.4, 0.5) is 4.79 Å². The van der Waals surface area contributed by atoms with Crippen LogP contribution in [0.2, 0.25) is 0 Å². The minimum atomic E-state index is -0.938. The maximum Gasteiger partial charge on any atom is 0.318 e. The van der Waals surface area contributed by atoms with Crippen molar-refractivity contribution in [3.8, 4) is 11.5 Å². The van der Waals surface area contributed by atoms with Gasteiger partial charge in [-0.3, -0.25) is 19.5 Å². The van der Waals surface area contributed by atoms with E-state index >= 15 is 0 Å². The molecule has 162 valence electrons. The Morgan fingerprint density at radius 3 is 2.55 bits per heavy atom. The molecule has 2 aromatic carbocycles. The van der Waals surface area contributed by atoms with Gasteiger partial charge in [-0.25, -0.2) is 9.78 Å². The molecule has 10 heteroatoms. The number of carbonyl (C=O) groups is 2. The van der Waals surface area contributed by atoms with Crippen LogP contribution >= 0.6 is 11.8 Å². The quantitative estimate of drug-likeness (QED) is 0.424. The predicted molar refractivity (Wildman–Crippen MR) is 118 cm³/mol. The van der Waals surface area contributed by atoms with E-state index in [2.05, 4.69) is 4.98 Å². The molecule has 0 saturated carbocycles. The number of nitrogens with one attached hydrogen (secondary N) is 1. The molecule has 0 bridgehead atoms. The monoisotopic (exact) mass is 442 g/mol. The Bertz CT molecular complexity index is 1190. The molecule has 3 N–H and O–H groups in total. The zero-order valence-electron chi connectivity index (χ0n) is 17.2. The lowest BCUT2D eigenvalue weighted by atomic mass is 10.2. The third-order valence-electron chi connectivity index (χ3n) is 4.51.